The average Bonchev–Trinajstić information content (AvgIpc) is 3.28. The zero-order valence-electron chi connectivity index (χ0n) is 20.0. The van der Waals surface area contributed by atoms with Crippen LogP contribution in [0.3, 0.4) is 0 Å². The van der Waals surface area contributed by atoms with Gasteiger partial charge in [-0.05, 0) is 31.2 Å². The summed E-state index contributed by atoms with van der Waals surface area (Å²) >= 11 is 1.41. The second kappa shape index (κ2) is 10.2. The van der Waals surface area contributed by atoms with E-state index in [0.717, 1.165) is 22.2 Å². The van der Waals surface area contributed by atoms with Gasteiger partial charge in [0.25, 0.3) is 5.91 Å². The Morgan fingerprint density at radius 2 is 1.59 bits per heavy atom. The zero-order valence-corrected chi connectivity index (χ0v) is 20.8. The molecule has 0 aliphatic carbocycles. The summed E-state index contributed by atoms with van der Waals surface area (Å²) in [6, 6.07) is 18.9. The van der Waals surface area contributed by atoms with E-state index in [2.05, 4.69) is 15.3 Å². The summed E-state index contributed by atoms with van der Waals surface area (Å²) < 4.78 is 40.2. The molecule has 10 heteroatoms. The summed E-state index contributed by atoms with van der Waals surface area (Å²) in [5, 5.41) is 3.36. The second-order valence-electron chi connectivity index (χ2n) is 8.64. The van der Waals surface area contributed by atoms with E-state index in [1.807, 2.05) is 42.2 Å². The lowest BCUT2D eigenvalue weighted by Crippen LogP contribution is -2.47. The summed E-state index contributed by atoms with van der Waals surface area (Å²) in [4.78, 5) is 26.5. The molecule has 3 heterocycles. The van der Waals surface area contributed by atoms with Crippen LogP contribution in [0.4, 0.5) is 29.8 Å². The van der Waals surface area contributed by atoms with Gasteiger partial charge in [-0.25, -0.2) is 9.97 Å². The molecule has 37 heavy (non-hydrogen) atoms. The number of nitrogens with one attached hydrogen (secondary N) is 1. The molecule has 1 aliphatic heterocycles. The number of anilines is 3. The van der Waals surface area contributed by atoms with Crippen LogP contribution in [0.2, 0.25) is 0 Å². The van der Waals surface area contributed by atoms with E-state index in [0.29, 0.717) is 42.7 Å². The molecule has 1 amide bonds. The Hall–Kier alpha value is -3.92. The number of benzene rings is 2. The van der Waals surface area contributed by atoms with Gasteiger partial charge in [-0.2, -0.15) is 13.2 Å². The number of thiazole rings is 1. The molecular weight excluding hydrogens is 499 g/mol. The van der Waals surface area contributed by atoms with E-state index in [1.54, 1.807) is 23.1 Å². The van der Waals surface area contributed by atoms with Crippen molar-refractivity contribution >= 4 is 33.9 Å². The van der Waals surface area contributed by atoms with Gasteiger partial charge >= 0.3 is 6.18 Å². The third-order valence-electron chi connectivity index (χ3n) is 6.23. The Morgan fingerprint density at radius 1 is 0.919 bits per heavy atom. The number of piperazine rings is 1. The number of halogens is 3. The van der Waals surface area contributed by atoms with E-state index in [4.69, 9.17) is 0 Å². The third kappa shape index (κ3) is 5.43. The van der Waals surface area contributed by atoms with Gasteiger partial charge in [0.15, 0.2) is 5.13 Å². The monoisotopic (exact) mass is 523 g/mol. The van der Waals surface area contributed by atoms with E-state index in [1.165, 1.54) is 29.7 Å². The number of amides is 1. The Balaban J connectivity index is 1.21. The fraction of sp³-hybridized carbons (Fsp3) is 0.222. The van der Waals surface area contributed by atoms with Crippen LogP contribution < -0.4 is 15.1 Å². The smallest absolute Gasteiger partial charge is 0.367 e. The highest BCUT2D eigenvalue weighted by Gasteiger charge is 2.35. The number of rotatable bonds is 5. The van der Waals surface area contributed by atoms with Crippen LogP contribution in [0.1, 0.15) is 20.8 Å². The maximum Gasteiger partial charge on any atom is 0.418 e. The Kier molecular flexibility index (Phi) is 6.84. The fourth-order valence-corrected chi connectivity index (χ4v) is 5.19. The van der Waals surface area contributed by atoms with Gasteiger partial charge in [0.2, 0.25) is 0 Å². The maximum atomic E-state index is 13.4. The van der Waals surface area contributed by atoms with Gasteiger partial charge in [-0.1, -0.05) is 42.5 Å². The topological polar surface area (TPSA) is 61.4 Å². The molecule has 1 aliphatic rings. The standard InChI is InChI=1S/C27H24F3N5OS/c1-18-24(19-7-3-2-4-8-19)32-26(37-18)33-25(36)20-11-12-23(31-17-20)35-15-13-34(14-16-35)22-10-6-5-9-21(22)27(28,29)30/h2-12,17H,13-16H2,1H3,(H,32,33,36). The number of aryl methyl sites for hydroxylation is 1. The van der Waals surface area contributed by atoms with Crippen LogP contribution in [-0.4, -0.2) is 42.1 Å². The maximum absolute atomic E-state index is 13.4. The van der Waals surface area contributed by atoms with Crippen molar-refractivity contribution in [2.75, 3.05) is 41.3 Å². The number of nitrogens with zero attached hydrogens (tertiary/aromatic N) is 4. The van der Waals surface area contributed by atoms with Gasteiger partial charge in [0, 0.05) is 48.5 Å². The predicted octanol–water partition coefficient (Wildman–Crippen LogP) is 6.11. The summed E-state index contributed by atoms with van der Waals surface area (Å²) in [5.41, 5.74) is 1.80. The molecule has 1 N–H and O–H groups in total. The van der Waals surface area contributed by atoms with E-state index < -0.39 is 11.7 Å². The molecule has 5 rings (SSSR count). The number of alkyl halides is 3. The van der Waals surface area contributed by atoms with Crippen molar-refractivity contribution in [1.29, 1.82) is 0 Å². The summed E-state index contributed by atoms with van der Waals surface area (Å²) in [7, 11) is 0. The van der Waals surface area contributed by atoms with Crippen molar-refractivity contribution in [3.8, 4) is 11.3 Å². The lowest BCUT2D eigenvalue weighted by molar-refractivity contribution is -0.137. The van der Waals surface area contributed by atoms with Crippen LogP contribution in [0.25, 0.3) is 11.3 Å². The first-order valence-electron chi connectivity index (χ1n) is 11.8. The van der Waals surface area contributed by atoms with E-state index >= 15 is 0 Å². The van der Waals surface area contributed by atoms with Gasteiger partial charge < -0.3 is 9.80 Å². The molecule has 6 nitrogen and oxygen atoms in total. The number of hydrogen-bond donors (Lipinski definition) is 1. The highest BCUT2D eigenvalue weighted by Crippen LogP contribution is 2.37. The molecule has 1 saturated heterocycles. The molecule has 0 bridgehead atoms. The van der Waals surface area contributed by atoms with Crippen LogP contribution in [0.5, 0.6) is 0 Å². The van der Waals surface area contributed by atoms with Gasteiger partial charge in [-0.3, -0.25) is 10.1 Å². The van der Waals surface area contributed by atoms with E-state index in [9.17, 15) is 18.0 Å². The summed E-state index contributed by atoms with van der Waals surface area (Å²) in [6.45, 7) is 3.87. The molecule has 2 aromatic carbocycles. The molecule has 2 aromatic heterocycles. The van der Waals surface area contributed by atoms with Crippen molar-refractivity contribution in [2.45, 2.75) is 13.1 Å². The van der Waals surface area contributed by atoms with Gasteiger partial charge in [0.1, 0.15) is 5.82 Å². The SMILES string of the molecule is Cc1sc(NC(=O)c2ccc(N3CCN(c4ccccc4C(F)(F)F)CC3)nc2)nc1-c1ccccc1. The van der Waals surface area contributed by atoms with Gasteiger partial charge in [0.05, 0.1) is 16.8 Å². The van der Waals surface area contributed by atoms with Gasteiger partial charge in [-0.15, -0.1) is 11.3 Å². The molecule has 0 saturated carbocycles. The first-order valence-corrected chi connectivity index (χ1v) is 12.6. The van der Waals surface area contributed by atoms with Crippen molar-refractivity contribution in [2.24, 2.45) is 0 Å². The van der Waals surface area contributed by atoms with Crippen molar-refractivity contribution < 1.29 is 18.0 Å². The van der Waals surface area contributed by atoms with Crippen molar-refractivity contribution in [3.05, 3.63) is 88.9 Å². The van der Waals surface area contributed by atoms with Crippen LogP contribution >= 0.6 is 11.3 Å². The molecule has 0 unspecified atom stereocenters. The summed E-state index contributed by atoms with van der Waals surface area (Å²) in [5.74, 6) is 0.373. The first-order chi connectivity index (χ1) is 17.8. The summed E-state index contributed by atoms with van der Waals surface area (Å²) in [6.07, 6.45) is -2.89. The number of pyridine rings is 1. The minimum atomic E-state index is -4.40. The van der Waals surface area contributed by atoms with E-state index in [-0.39, 0.29) is 11.6 Å². The first kappa shape index (κ1) is 24.8. The normalized spacial score (nSPS) is 14.1. The lowest BCUT2D eigenvalue weighted by atomic mass is 10.1. The number of hydrogen-bond acceptors (Lipinski definition) is 6. The molecular formula is C27H24F3N5OS. The molecule has 0 radical (unpaired) electrons. The van der Waals surface area contributed by atoms with Crippen molar-refractivity contribution in [1.82, 2.24) is 9.97 Å². The number of carbonyl (C=O) groups is 1. The Morgan fingerprint density at radius 3 is 2.27 bits per heavy atom. The fourth-order valence-electron chi connectivity index (χ4n) is 4.36. The molecule has 0 spiro atoms. The van der Waals surface area contributed by atoms with Crippen LogP contribution in [0.15, 0.2) is 72.9 Å². The largest absolute Gasteiger partial charge is 0.418 e. The minimum Gasteiger partial charge on any atom is -0.367 e. The Labute approximate surface area is 216 Å². The van der Waals surface area contributed by atoms with Crippen molar-refractivity contribution in [3.63, 3.8) is 0 Å². The highest BCUT2D eigenvalue weighted by molar-refractivity contribution is 7.16. The molecule has 4 aromatic rings. The third-order valence-corrected chi connectivity index (χ3v) is 7.11. The number of carbonyl (C=O) groups excluding carboxylic acids is 1. The second-order valence-corrected chi connectivity index (χ2v) is 9.84. The predicted molar refractivity (Wildman–Crippen MR) is 140 cm³/mol. The molecule has 190 valence electrons. The number of aromatic nitrogens is 2. The highest BCUT2D eigenvalue weighted by atomic mass is 32.1. The zero-order chi connectivity index (χ0) is 26.0. The molecule has 1 fully saturated rings. The molecule has 0 atom stereocenters. The lowest BCUT2D eigenvalue weighted by Gasteiger charge is -2.37. The number of para-hydroxylation sites is 1. The quantitative estimate of drug-likeness (QED) is 0.342. The average molecular weight is 524 g/mol. The Bertz CT molecular complexity index is 1380. The van der Waals surface area contributed by atoms with Crippen LogP contribution in [-0.2, 0) is 6.18 Å². The minimum absolute atomic E-state index is 0.197. The van der Waals surface area contributed by atoms with Crippen LogP contribution in [0, 0.1) is 6.92 Å².